The van der Waals surface area contributed by atoms with E-state index in [9.17, 15) is 4.39 Å². The highest BCUT2D eigenvalue weighted by molar-refractivity contribution is 6.32. The number of hydrogen-bond acceptors (Lipinski definition) is 2. The van der Waals surface area contributed by atoms with Gasteiger partial charge in [-0.1, -0.05) is 23.7 Å². The van der Waals surface area contributed by atoms with E-state index in [1.807, 2.05) is 32.2 Å². The highest BCUT2D eigenvalue weighted by atomic mass is 35.5. The van der Waals surface area contributed by atoms with E-state index in [-0.39, 0.29) is 11.9 Å². The zero-order valence-corrected chi connectivity index (χ0v) is 13.2. The normalized spacial score (nSPS) is 12.2. The van der Waals surface area contributed by atoms with E-state index >= 15 is 0 Å². The lowest BCUT2D eigenvalue weighted by molar-refractivity contribution is 0.305. The second kappa shape index (κ2) is 6.92. The second-order valence-corrected chi connectivity index (χ2v) is 5.47. The van der Waals surface area contributed by atoms with E-state index < -0.39 is 0 Å². The van der Waals surface area contributed by atoms with Gasteiger partial charge in [0.25, 0.3) is 0 Å². The van der Waals surface area contributed by atoms with Crippen LogP contribution in [0.25, 0.3) is 0 Å². The molecular weight excluding hydrogens is 289 g/mol. The van der Waals surface area contributed by atoms with Crippen LogP contribution in [0.4, 0.5) is 4.39 Å². The maximum atomic E-state index is 13.2. The molecule has 0 saturated carbocycles. The van der Waals surface area contributed by atoms with Crippen molar-refractivity contribution in [3.8, 4) is 5.75 Å². The molecule has 0 aliphatic heterocycles. The van der Waals surface area contributed by atoms with E-state index in [4.69, 9.17) is 16.3 Å². The highest BCUT2D eigenvalue weighted by Gasteiger charge is 2.08. The molecule has 2 aromatic carbocycles. The van der Waals surface area contributed by atoms with Crippen molar-refractivity contribution in [2.45, 2.75) is 26.5 Å². The van der Waals surface area contributed by atoms with Crippen molar-refractivity contribution < 1.29 is 9.13 Å². The fraction of sp³-hybridized carbons (Fsp3) is 0.294. The van der Waals surface area contributed by atoms with Crippen LogP contribution in [0.1, 0.15) is 29.7 Å². The van der Waals surface area contributed by atoms with Gasteiger partial charge in [-0.15, -0.1) is 0 Å². The smallest absolute Gasteiger partial charge is 0.138 e. The van der Waals surface area contributed by atoms with Crippen LogP contribution in [-0.2, 0) is 6.61 Å². The average Bonchev–Trinajstić information content (AvgIpc) is 2.48. The van der Waals surface area contributed by atoms with Gasteiger partial charge in [-0.2, -0.15) is 0 Å². The molecule has 1 N–H and O–H groups in total. The van der Waals surface area contributed by atoms with E-state index in [1.165, 1.54) is 12.1 Å². The number of ether oxygens (including phenoxy) is 1. The lowest BCUT2D eigenvalue weighted by atomic mass is 10.1. The van der Waals surface area contributed by atoms with Crippen molar-refractivity contribution in [1.82, 2.24) is 5.32 Å². The Morgan fingerprint density at radius 3 is 2.67 bits per heavy atom. The van der Waals surface area contributed by atoms with Gasteiger partial charge in [-0.05, 0) is 61.9 Å². The van der Waals surface area contributed by atoms with Crippen molar-refractivity contribution >= 4 is 11.6 Å². The Kier molecular flexibility index (Phi) is 5.21. The summed E-state index contributed by atoms with van der Waals surface area (Å²) in [5.74, 6) is 0.343. The lowest BCUT2D eigenvalue weighted by Crippen LogP contribution is -2.12. The van der Waals surface area contributed by atoms with E-state index in [2.05, 4.69) is 12.2 Å². The topological polar surface area (TPSA) is 21.3 Å². The molecule has 1 atom stereocenters. The summed E-state index contributed by atoms with van der Waals surface area (Å²) in [6.45, 7) is 4.28. The van der Waals surface area contributed by atoms with E-state index in [0.717, 1.165) is 16.7 Å². The molecular formula is C17H19ClFNO. The molecule has 0 heterocycles. The summed E-state index contributed by atoms with van der Waals surface area (Å²) in [6, 6.07) is 10.6. The molecule has 112 valence electrons. The number of aryl methyl sites for hydroxylation is 1. The first kappa shape index (κ1) is 15.8. The molecule has 0 aliphatic carbocycles. The summed E-state index contributed by atoms with van der Waals surface area (Å²) in [5, 5.41) is 3.72. The van der Waals surface area contributed by atoms with Crippen molar-refractivity contribution in [2.75, 3.05) is 7.05 Å². The Bertz CT molecular complexity index is 630. The number of nitrogens with one attached hydrogen (secondary N) is 1. The molecule has 0 saturated heterocycles. The Morgan fingerprint density at radius 2 is 2.00 bits per heavy atom. The van der Waals surface area contributed by atoms with Gasteiger partial charge in [-0.25, -0.2) is 4.39 Å². The summed E-state index contributed by atoms with van der Waals surface area (Å²) >= 11 is 6.24. The third-order valence-corrected chi connectivity index (χ3v) is 3.88. The van der Waals surface area contributed by atoms with Gasteiger partial charge in [0.15, 0.2) is 0 Å². The minimum absolute atomic E-state index is 0.224. The van der Waals surface area contributed by atoms with Crippen LogP contribution in [0.3, 0.4) is 0 Å². The fourth-order valence-corrected chi connectivity index (χ4v) is 2.26. The first-order valence-corrected chi connectivity index (χ1v) is 7.23. The van der Waals surface area contributed by atoms with Crippen molar-refractivity contribution in [3.05, 3.63) is 63.9 Å². The van der Waals surface area contributed by atoms with Crippen LogP contribution >= 0.6 is 11.6 Å². The molecule has 4 heteroatoms. The minimum Gasteiger partial charge on any atom is -0.487 e. The van der Waals surface area contributed by atoms with Crippen molar-refractivity contribution in [3.63, 3.8) is 0 Å². The van der Waals surface area contributed by atoms with Crippen LogP contribution in [0.15, 0.2) is 36.4 Å². The van der Waals surface area contributed by atoms with Gasteiger partial charge in [0.05, 0.1) is 5.02 Å². The van der Waals surface area contributed by atoms with Crippen LogP contribution in [0.5, 0.6) is 5.75 Å². The first-order chi connectivity index (χ1) is 10.0. The van der Waals surface area contributed by atoms with Gasteiger partial charge in [0.2, 0.25) is 0 Å². The van der Waals surface area contributed by atoms with Gasteiger partial charge in [0, 0.05) is 6.04 Å². The van der Waals surface area contributed by atoms with Crippen LogP contribution in [-0.4, -0.2) is 7.05 Å². The fourth-order valence-electron chi connectivity index (χ4n) is 2.02. The largest absolute Gasteiger partial charge is 0.487 e. The molecule has 2 nitrogen and oxygen atoms in total. The second-order valence-electron chi connectivity index (χ2n) is 5.06. The third-order valence-electron chi connectivity index (χ3n) is 3.58. The average molecular weight is 308 g/mol. The maximum absolute atomic E-state index is 13.2. The molecule has 0 aliphatic rings. The van der Waals surface area contributed by atoms with Crippen LogP contribution in [0.2, 0.25) is 5.02 Å². The molecule has 0 amide bonds. The monoisotopic (exact) mass is 307 g/mol. The van der Waals surface area contributed by atoms with Gasteiger partial charge >= 0.3 is 0 Å². The SMILES string of the molecule is CNC(C)c1ccc(OCc2cc(F)ccc2C)c(Cl)c1. The lowest BCUT2D eigenvalue weighted by Gasteiger charge is -2.14. The summed E-state index contributed by atoms with van der Waals surface area (Å²) in [4.78, 5) is 0. The summed E-state index contributed by atoms with van der Waals surface area (Å²) in [7, 11) is 1.90. The third kappa shape index (κ3) is 3.96. The Labute approximate surface area is 129 Å². The van der Waals surface area contributed by atoms with Gasteiger partial charge < -0.3 is 10.1 Å². The quantitative estimate of drug-likeness (QED) is 0.868. The molecule has 1 unspecified atom stereocenters. The molecule has 0 bridgehead atoms. The predicted octanol–water partition coefficient (Wildman–Crippen LogP) is 4.65. The Morgan fingerprint density at radius 1 is 1.24 bits per heavy atom. The molecule has 0 fully saturated rings. The van der Waals surface area contributed by atoms with Gasteiger partial charge in [-0.3, -0.25) is 0 Å². The molecule has 0 radical (unpaired) electrons. The van der Waals surface area contributed by atoms with Gasteiger partial charge in [0.1, 0.15) is 18.2 Å². The molecule has 0 spiro atoms. The van der Waals surface area contributed by atoms with E-state index in [1.54, 1.807) is 6.07 Å². The molecule has 21 heavy (non-hydrogen) atoms. The van der Waals surface area contributed by atoms with Crippen LogP contribution in [0, 0.1) is 12.7 Å². The standard InChI is InChI=1S/C17H19ClFNO/c1-11-4-6-15(19)8-14(11)10-21-17-7-5-13(9-16(17)18)12(2)20-3/h4-9,12,20H,10H2,1-3H3. The summed E-state index contributed by atoms with van der Waals surface area (Å²) in [6.07, 6.45) is 0. The summed E-state index contributed by atoms with van der Waals surface area (Å²) in [5.41, 5.74) is 2.91. The molecule has 2 rings (SSSR count). The van der Waals surface area contributed by atoms with E-state index in [0.29, 0.717) is 17.4 Å². The number of rotatable bonds is 5. The number of benzene rings is 2. The predicted molar refractivity (Wildman–Crippen MR) is 84.4 cm³/mol. The Hall–Kier alpha value is -1.58. The minimum atomic E-state index is -0.261. The summed E-state index contributed by atoms with van der Waals surface area (Å²) < 4.78 is 19.0. The number of halogens is 2. The zero-order valence-electron chi connectivity index (χ0n) is 12.4. The maximum Gasteiger partial charge on any atom is 0.138 e. The molecule has 2 aromatic rings. The highest BCUT2D eigenvalue weighted by Crippen LogP contribution is 2.28. The first-order valence-electron chi connectivity index (χ1n) is 6.86. The van der Waals surface area contributed by atoms with Crippen molar-refractivity contribution in [2.24, 2.45) is 0 Å². The zero-order chi connectivity index (χ0) is 15.4. The number of hydrogen-bond donors (Lipinski definition) is 1. The van der Waals surface area contributed by atoms with Crippen LogP contribution < -0.4 is 10.1 Å². The molecule has 0 aromatic heterocycles. The van der Waals surface area contributed by atoms with Crippen molar-refractivity contribution in [1.29, 1.82) is 0 Å². The Balaban J connectivity index is 2.11.